The average Bonchev–Trinajstić information content (AvgIpc) is 2.29. The molecule has 1 aliphatic heterocycles. The summed E-state index contributed by atoms with van der Waals surface area (Å²) in [5.41, 5.74) is 5.69. The van der Waals surface area contributed by atoms with Gasteiger partial charge in [-0.2, -0.15) is 11.8 Å². The van der Waals surface area contributed by atoms with Gasteiger partial charge in [-0.15, -0.1) is 0 Å². The molecule has 0 saturated carbocycles. The molecule has 0 bridgehead atoms. The first-order valence-electron chi connectivity index (χ1n) is 5.78. The van der Waals surface area contributed by atoms with Crippen molar-refractivity contribution in [3.8, 4) is 0 Å². The molecule has 0 aliphatic carbocycles. The third-order valence-electron chi connectivity index (χ3n) is 2.96. The van der Waals surface area contributed by atoms with Gasteiger partial charge in [0.05, 0.1) is 0 Å². The third kappa shape index (κ3) is 4.03. The number of thioether (sulfide) groups is 1. The minimum Gasteiger partial charge on any atom is -0.338 e. The van der Waals surface area contributed by atoms with Crippen LogP contribution < -0.4 is 5.73 Å². The minimum atomic E-state index is 0.305. The first-order chi connectivity index (χ1) is 7.29. The maximum absolute atomic E-state index is 11.9. The predicted octanol–water partition coefficient (Wildman–Crippen LogP) is 1.47. The molecule has 1 heterocycles. The van der Waals surface area contributed by atoms with Gasteiger partial charge in [0, 0.05) is 25.6 Å². The number of piperidine rings is 1. The summed E-state index contributed by atoms with van der Waals surface area (Å²) in [7, 11) is 0. The van der Waals surface area contributed by atoms with Crippen molar-refractivity contribution in [3.63, 3.8) is 0 Å². The number of carbonyl (C=O) groups excluding carboxylic acids is 1. The van der Waals surface area contributed by atoms with Crippen molar-refractivity contribution in [2.75, 3.05) is 25.1 Å². The van der Waals surface area contributed by atoms with Crippen LogP contribution in [0.25, 0.3) is 0 Å². The molecule has 3 nitrogen and oxygen atoms in total. The van der Waals surface area contributed by atoms with Crippen molar-refractivity contribution in [2.24, 2.45) is 5.73 Å². The fraction of sp³-hybridized carbons (Fsp3) is 0.909. The molecule has 1 fully saturated rings. The van der Waals surface area contributed by atoms with E-state index < -0.39 is 0 Å². The first-order valence-corrected chi connectivity index (χ1v) is 7.17. The molecule has 1 unspecified atom stereocenters. The molecule has 0 radical (unpaired) electrons. The van der Waals surface area contributed by atoms with Crippen LogP contribution in [0.15, 0.2) is 0 Å². The van der Waals surface area contributed by atoms with Crippen LogP contribution in [0.5, 0.6) is 0 Å². The van der Waals surface area contributed by atoms with E-state index >= 15 is 0 Å². The standard InChI is InChI=1S/C11H22N2OS/c1-15-8-4-6-11(14)13-7-3-2-5-10(13)9-12/h10H,2-9,12H2,1H3. The second-order valence-corrected chi connectivity index (χ2v) is 5.05. The minimum absolute atomic E-state index is 0.305. The summed E-state index contributed by atoms with van der Waals surface area (Å²) >= 11 is 1.80. The molecule has 2 N–H and O–H groups in total. The molecule has 1 aliphatic rings. The van der Waals surface area contributed by atoms with Crippen LogP contribution in [0.3, 0.4) is 0 Å². The Bertz CT molecular complexity index is 199. The number of nitrogens with two attached hydrogens (primary N) is 1. The Hall–Kier alpha value is -0.220. The van der Waals surface area contributed by atoms with Crippen LogP contribution in [0.4, 0.5) is 0 Å². The number of hydrogen-bond acceptors (Lipinski definition) is 3. The van der Waals surface area contributed by atoms with Crippen molar-refractivity contribution in [1.29, 1.82) is 0 Å². The number of hydrogen-bond donors (Lipinski definition) is 1. The summed E-state index contributed by atoms with van der Waals surface area (Å²) in [4.78, 5) is 13.9. The Morgan fingerprint density at radius 3 is 3.00 bits per heavy atom. The van der Waals surface area contributed by atoms with Crippen LogP contribution in [0, 0.1) is 0 Å². The van der Waals surface area contributed by atoms with Crippen LogP contribution in [-0.2, 0) is 4.79 Å². The molecule has 0 spiro atoms. The second kappa shape index (κ2) is 7.12. The number of rotatable bonds is 5. The van der Waals surface area contributed by atoms with Crippen molar-refractivity contribution in [1.82, 2.24) is 4.90 Å². The van der Waals surface area contributed by atoms with Gasteiger partial charge < -0.3 is 10.6 Å². The number of likely N-dealkylation sites (tertiary alicyclic amines) is 1. The molecule has 1 rings (SSSR count). The summed E-state index contributed by atoms with van der Waals surface area (Å²) in [6.07, 6.45) is 7.21. The molecule has 1 amide bonds. The van der Waals surface area contributed by atoms with E-state index in [-0.39, 0.29) is 0 Å². The zero-order valence-electron chi connectivity index (χ0n) is 9.58. The van der Waals surface area contributed by atoms with E-state index in [0.29, 0.717) is 24.9 Å². The first kappa shape index (κ1) is 12.8. The molecule has 0 aromatic heterocycles. The topological polar surface area (TPSA) is 46.3 Å². The molecular weight excluding hydrogens is 208 g/mol. The molecule has 15 heavy (non-hydrogen) atoms. The lowest BCUT2D eigenvalue weighted by molar-refractivity contribution is -0.134. The summed E-state index contributed by atoms with van der Waals surface area (Å²) in [6.45, 7) is 1.54. The lowest BCUT2D eigenvalue weighted by Crippen LogP contribution is -2.47. The van der Waals surface area contributed by atoms with Crippen molar-refractivity contribution in [3.05, 3.63) is 0 Å². The van der Waals surface area contributed by atoms with Crippen molar-refractivity contribution >= 4 is 17.7 Å². The van der Waals surface area contributed by atoms with Gasteiger partial charge in [-0.3, -0.25) is 4.79 Å². The number of carbonyl (C=O) groups is 1. The third-order valence-corrected chi connectivity index (χ3v) is 3.66. The van der Waals surface area contributed by atoms with Crippen LogP contribution in [-0.4, -0.2) is 41.9 Å². The molecular formula is C11H22N2OS. The quantitative estimate of drug-likeness (QED) is 0.728. The summed E-state index contributed by atoms with van der Waals surface area (Å²) < 4.78 is 0. The van der Waals surface area contributed by atoms with Crippen molar-refractivity contribution in [2.45, 2.75) is 38.1 Å². The van der Waals surface area contributed by atoms with Crippen LogP contribution >= 0.6 is 11.8 Å². The van der Waals surface area contributed by atoms with E-state index in [4.69, 9.17) is 5.73 Å². The zero-order chi connectivity index (χ0) is 11.1. The highest BCUT2D eigenvalue weighted by molar-refractivity contribution is 7.98. The summed E-state index contributed by atoms with van der Waals surface area (Å²) in [6, 6.07) is 0.306. The Balaban J connectivity index is 2.34. The van der Waals surface area contributed by atoms with Gasteiger partial charge in [0.2, 0.25) is 5.91 Å². The summed E-state index contributed by atoms with van der Waals surface area (Å²) in [5.74, 6) is 1.38. The Labute approximate surface area is 96.8 Å². The maximum atomic E-state index is 11.9. The molecule has 1 saturated heterocycles. The molecule has 0 aromatic carbocycles. The smallest absolute Gasteiger partial charge is 0.222 e. The molecule has 0 aromatic rings. The lowest BCUT2D eigenvalue weighted by atomic mass is 10.0. The molecule has 1 atom stereocenters. The monoisotopic (exact) mass is 230 g/mol. The van der Waals surface area contributed by atoms with E-state index in [2.05, 4.69) is 6.26 Å². The largest absolute Gasteiger partial charge is 0.338 e. The Morgan fingerprint density at radius 1 is 1.53 bits per heavy atom. The van der Waals surface area contributed by atoms with E-state index in [1.165, 1.54) is 6.42 Å². The van der Waals surface area contributed by atoms with Crippen LogP contribution in [0.2, 0.25) is 0 Å². The summed E-state index contributed by atoms with van der Waals surface area (Å²) in [5, 5.41) is 0. The van der Waals surface area contributed by atoms with Gasteiger partial charge in [0.1, 0.15) is 0 Å². The highest BCUT2D eigenvalue weighted by Crippen LogP contribution is 2.17. The van der Waals surface area contributed by atoms with E-state index in [1.807, 2.05) is 4.90 Å². The Morgan fingerprint density at radius 2 is 2.33 bits per heavy atom. The van der Waals surface area contributed by atoms with Crippen LogP contribution in [0.1, 0.15) is 32.1 Å². The van der Waals surface area contributed by atoms with E-state index in [9.17, 15) is 4.79 Å². The molecule has 88 valence electrons. The van der Waals surface area contributed by atoms with Gasteiger partial charge in [-0.1, -0.05) is 0 Å². The highest BCUT2D eigenvalue weighted by Gasteiger charge is 2.24. The van der Waals surface area contributed by atoms with Gasteiger partial charge in [0.25, 0.3) is 0 Å². The number of nitrogens with zero attached hydrogens (tertiary/aromatic N) is 1. The SMILES string of the molecule is CSCCCC(=O)N1CCCCC1CN. The fourth-order valence-corrected chi connectivity index (χ4v) is 2.52. The highest BCUT2D eigenvalue weighted by atomic mass is 32.2. The molecule has 4 heteroatoms. The van der Waals surface area contributed by atoms with Gasteiger partial charge in [-0.05, 0) is 37.7 Å². The van der Waals surface area contributed by atoms with Gasteiger partial charge >= 0.3 is 0 Å². The Kier molecular flexibility index (Phi) is 6.10. The van der Waals surface area contributed by atoms with E-state index in [1.54, 1.807) is 11.8 Å². The zero-order valence-corrected chi connectivity index (χ0v) is 10.4. The fourth-order valence-electron chi connectivity index (χ4n) is 2.09. The number of amides is 1. The van der Waals surface area contributed by atoms with Crippen molar-refractivity contribution < 1.29 is 4.79 Å². The van der Waals surface area contributed by atoms with Gasteiger partial charge in [0.15, 0.2) is 0 Å². The van der Waals surface area contributed by atoms with E-state index in [0.717, 1.165) is 31.6 Å². The lowest BCUT2D eigenvalue weighted by Gasteiger charge is -2.35. The second-order valence-electron chi connectivity index (χ2n) is 4.07. The van der Waals surface area contributed by atoms with Gasteiger partial charge in [-0.25, -0.2) is 0 Å². The predicted molar refractivity (Wildman–Crippen MR) is 66.0 cm³/mol. The average molecular weight is 230 g/mol. The normalized spacial score (nSPS) is 21.7. The maximum Gasteiger partial charge on any atom is 0.222 e.